The maximum Gasteiger partial charge on any atom is 0.319 e. The van der Waals surface area contributed by atoms with Gasteiger partial charge in [0.2, 0.25) is 11.8 Å². The Balaban J connectivity index is 1.29. The number of aryl methyl sites for hydroxylation is 1. The Morgan fingerprint density at radius 1 is 1.00 bits per heavy atom. The molecule has 0 bridgehead atoms. The number of amides is 3. The van der Waals surface area contributed by atoms with Crippen LogP contribution < -0.4 is 25.4 Å². The number of anilines is 2. The van der Waals surface area contributed by atoms with Gasteiger partial charge in [0.15, 0.2) is 11.5 Å². The number of nitrogens with one attached hydrogen (secondary N) is 3. The van der Waals surface area contributed by atoms with Crippen LogP contribution >= 0.6 is 11.3 Å². The molecule has 0 radical (unpaired) electrons. The fraction of sp³-hybridized carbons (Fsp3) is 0.200. The summed E-state index contributed by atoms with van der Waals surface area (Å²) in [5, 5.41) is 16.8. The van der Waals surface area contributed by atoms with Gasteiger partial charge in [-0.25, -0.2) is 4.79 Å². The Morgan fingerprint density at radius 2 is 1.77 bits per heavy atom. The van der Waals surface area contributed by atoms with Crippen LogP contribution in [0.5, 0.6) is 11.5 Å². The molecule has 0 saturated carbocycles. The van der Waals surface area contributed by atoms with Gasteiger partial charge in [0.05, 0.1) is 6.54 Å². The molecule has 3 aromatic rings. The fourth-order valence-electron chi connectivity index (χ4n) is 2.73. The minimum atomic E-state index is -0.391. The predicted octanol–water partition coefficient (Wildman–Crippen LogP) is 3.40. The zero-order valence-electron chi connectivity index (χ0n) is 16.1. The second kappa shape index (κ2) is 8.78. The number of hydrogen-bond acceptors (Lipinski definition) is 7. The minimum absolute atomic E-state index is 0.161. The van der Waals surface area contributed by atoms with E-state index in [1.54, 1.807) is 18.2 Å². The van der Waals surface area contributed by atoms with Gasteiger partial charge in [-0.05, 0) is 36.2 Å². The highest BCUT2D eigenvalue weighted by Gasteiger charge is 2.17. The van der Waals surface area contributed by atoms with E-state index in [1.165, 1.54) is 5.56 Å². The summed E-state index contributed by atoms with van der Waals surface area (Å²) in [7, 11) is 0. The molecule has 1 aliphatic rings. The van der Waals surface area contributed by atoms with Crippen molar-refractivity contribution >= 4 is 34.6 Å². The van der Waals surface area contributed by atoms with Gasteiger partial charge in [-0.15, -0.1) is 10.2 Å². The topological polar surface area (TPSA) is 114 Å². The molecule has 0 aliphatic carbocycles. The maximum atomic E-state index is 12.4. The summed E-state index contributed by atoms with van der Waals surface area (Å²) < 4.78 is 10.5. The molecule has 1 aromatic heterocycles. The quantitative estimate of drug-likeness (QED) is 0.558. The Morgan fingerprint density at radius 3 is 2.57 bits per heavy atom. The van der Waals surface area contributed by atoms with Gasteiger partial charge < -0.3 is 25.4 Å². The van der Waals surface area contributed by atoms with Crippen LogP contribution in [-0.4, -0.2) is 28.9 Å². The number of urea groups is 1. The molecule has 1 aliphatic heterocycles. The van der Waals surface area contributed by atoms with E-state index < -0.39 is 5.91 Å². The monoisotopic (exact) mass is 425 g/mol. The fourth-order valence-corrected chi connectivity index (χ4v) is 3.41. The van der Waals surface area contributed by atoms with E-state index in [4.69, 9.17) is 9.47 Å². The summed E-state index contributed by atoms with van der Waals surface area (Å²) in [5.74, 6) is 0.820. The Hall–Kier alpha value is -3.66. The molecule has 2 heterocycles. The first kappa shape index (κ1) is 19.6. The number of rotatable bonds is 6. The molecular weight excluding hydrogens is 406 g/mol. The molecule has 154 valence electrons. The smallest absolute Gasteiger partial charge is 0.319 e. The number of carbonyl (C=O) groups is 2. The van der Waals surface area contributed by atoms with Crippen molar-refractivity contribution in [3.63, 3.8) is 0 Å². The number of aromatic nitrogens is 2. The van der Waals surface area contributed by atoms with Crippen LogP contribution in [0.2, 0.25) is 0 Å². The van der Waals surface area contributed by atoms with E-state index in [-0.39, 0.29) is 24.4 Å². The van der Waals surface area contributed by atoms with E-state index in [9.17, 15) is 9.59 Å². The van der Waals surface area contributed by atoms with E-state index in [0.29, 0.717) is 27.9 Å². The summed E-state index contributed by atoms with van der Waals surface area (Å²) in [6, 6.07) is 12.4. The van der Waals surface area contributed by atoms with Gasteiger partial charge in [-0.2, -0.15) is 0 Å². The molecule has 3 N–H and O–H groups in total. The van der Waals surface area contributed by atoms with Crippen LogP contribution in [-0.2, 0) is 13.0 Å². The summed E-state index contributed by atoms with van der Waals surface area (Å²) >= 11 is 1.11. The lowest BCUT2D eigenvalue weighted by molar-refractivity contribution is 0.102. The van der Waals surface area contributed by atoms with Crippen molar-refractivity contribution in [3.8, 4) is 11.5 Å². The maximum absolute atomic E-state index is 12.4. The van der Waals surface area contributed by atoms with Gasteiger partial charge in [0, 0.05) is 17.4 Å². The number of fused-ring (bicyclic) bond motifs is 1. The van der Waals surface area contributed by atoms with Crippen molar-refractivity contribution in [3.05, 3.63) is 58.0 Å². The molecule has 3 amide bonds. The number of carbonyl (C=O) groups excluding carboxylic acids is 2. The minimum Gasteiger partial charge on any atom is -0.454 e. The molecule has 4 rings (SSSR count). The Labute approximate surface area is 176 Å². The van der Waals surface area contributed by atoms with E-state index in [1.807, 2.05) is 24.3 Å². The van der Waals surface area contributed by atoms with Gasteiger partial charge in [-0.3, -0.25) is 4.79 Å². The van der Waals surface area contributed by atoms with Crippen LogP contribution in [0.25, 0.3) is 0 Å². The summed E-state index contributed by atoms with van der Waals surface area (Å²) in [4.78, 5) is 24.4. The normalized spacial score (nSPS) is 11.8. The van der Waals surface area contributed by atoms with Crippen molar-refractivity contribution in [2.45, 2.75) is 19.9 Å². The van der Waals surface area contributed by atoms with Crippen molar-refractivity contribution in [1.82, 2.24) is 15.5 Å². The summed E-state index contributed by atoms with van der Waals surface area (Å²) in [6.45, 7) is 2.39. The Kier molecular flexibility index (Phi) is 5.75. The third kappa shape index (κ3) is 4.66. The molecule has 0 unspecified atom stereocenters. The number of benzene rings is 2. The lowest BCUT2D eigenvalue weighted by Gasteiger charge is -2.06. The third-order valence-corrected chi connectivity index (χ3v) is 5.23. The van der Waals surface area contributed by atoms with Crippen molar-refractivity contribution in [1.29, 1.82) is 0 Å². The lowest BCUT2D eigenvalue weighted by atomic mass is 10.1. The van der Waals surface area contributed by atoms with E-state index in [0.717, 1.165) is 17.8 Å². The molecule has 10 heteroatoms. The largest absolute Gasteiger partial charge is 0.454 e. The van der Waals surface area contributed by atoms with E-state index in [2.05, 4.69) is 33.1 Å². The molecular formula is C20H19N5O4S. The van der Waals surface area contributed by atoms with Crippen molar-refractivity contribution in [2.75, 3.05) is 17.4 Å². The van der Waals surface area contributed by atoms with Gasteiger partial charge in [-0.1, -0.05) is 30.4 Å². The highest BCUT2D eigenvalue weighted by atomic mass is 32.1. The van der Waals surface area contributed by atoms with Gasteiger partial charge >= 0.3 is 6.03 Å². The number of ether oxygens (including phenoxy) is 2. The van der Waals surface area contributed by atoms with Crippen LogP contribution in [0.3, 0.4) is 0 Å². The molecule has 0 fully saturated rings. The van der Waals surface area contributed by atoms with Crippen LogP contribution in [0, 0.1) is 0 Å². The third-order valence-electron chi connectivity index (χ3n) is 4.31. The molecule has 0 spiro atoms. The highest BCUT2D eigenvalue weighted by molar-refractivity contribution is 7.13. The average molecular weight is 425 g/mol. The summed E-state index contributed by atoms with van der Waals surface area (Å²) in [5.41, 5.74) is 2.46. The predicted molar refractivity (Wildman–Crippen MR) is 112 cm³/mol. The van der Waals surface area contributed by atoms with Crippen molar-refractivity contribution in [2.24, 2.45) is 0 Å². The summed E-state index contributed by atoms with van der Waals surface area (Å²) in [6.07, 6.45) is 0.939. The first-order valence-corrected chi connectivity index (χ1v) is 10.1. The lowest BCUT2D eigenvalue weighted by Crippen LogP contribution is -2.28. The Bertz CT molecular complexity index is 1070. The highest BCUT2D eigenvalue weighted by Crippen LogP contribution is 2.34. The molecule has 0 saturated heterocycles. The second-order valence-corrected chi connectivity index (χ2v) is 7.44. The van der Waals surface area contributed by atoms with Crippen LogP contribution in [0.15, 0.2) is 42.5 Å². The van der Waals surface area contributed by atoms with Gasteiger partial charge in [0.25, 0.3) is 5.91 Å². The number of nitrogens with zero attached hydrogens (tertiary/aromatic N) is 2. The molecule has 30 heavy (non-hydrogen) atoms. The molecule has 0 atom stereocenters. The standard InChI is InChI=1S/C20H19N5O4S/c1-2-12-3-5-13(6-4-12)23-20(27)21-10-17-24-25-19(30-17)18(26)22-14-7-8-15-16(9-14)29-11-28-15/h3-9H,2,10-11H2,1H3,(H,22,26)(H2,21,23,27). The first-order chi connectivity index (χ1) is 14.6. The van der Waals surface area contributed by atoms with E-state index >= 15 is 0 Å². The van der Waals surface area contributed by atoms with Crippen LogP contribution in [0.1, 0.15) is 27.3 Å². The van der Waals surface area contributed by atoms with Crippen LogP contribution in [0.4, 0.5) is 16.2 Å². The molecule has 9 nitrogen and oxygen atoms in total. The average Bonchev–Trinajstić information content (AvgIpc) is 3.42. The first-order valence-electron chi connectivity index (χ1n) is 9.28. The van der Waals surface area contributed by atoms with Crippen molar-refractivity contribution < 1.29 is 19.1 Å². The zero-order valence-corrected chi connectivity index (χ0v) is 16.9. The number of hydrogen-bond donors (Lipinski definition) is 3. The SMILES string of the molecule is CCc1ccc(NC(=O)NCc2nnc(C(=O)Nc3ccc4c(c3)OCO4)s2)cc1. The van der Waals surface area contributed by atoms with Gasteiger partial charge in [0.1, 0.15) is 5.01 Å². The molecule has 2 aromatic carbocycles. The zero-order chi connectivity index (χ0) is 20.9. The second-order valence-electron chi connectivity index (χ2n) is 6.38.